The molecule has 5 heteroatoms. The van der Waals surface area contributed by atoms with Gasteiger partial charge in [0, 0.05) is 18.7 Å². The molecule has 1 heterocycles. The molecule has 0 spiro atoms. The molecule has 0 aromatic heterocycles. The second-order valence-electron chi connectivity index (χ2n) is 4.96. The number of piperidine rings is 1. The van der Waals surface area contributed by atoms with Crippen LogP contribution in [-0.2, 0) is 0 Å². The molecule has 0 saturated carbocycles. The van der Waals surface area contributed by atoms with Crippen LogP contribution in [0.1, 0.15) is 30.1 Å². The first-order valence-electron chi connectivity index (χ1n) is 5.86. The number of likely N-dealkylation sites (tertiary alicyclic amines) is 1. The summed E-state index contributed by atoms with van der Waals surface area (Å²) >= 11 is 3.07. The van der Waals surface area contributed by atoms with Crippen molar-refractivity contribution in [3.63, 3.8) is 0 Å². The van der Waals surface area contributed by atoms with Crippen LogP contribution in [0.5, 0.6) is 0 Å². The van der Waals surface area contributed by atoms with E-state index in [4.69, 9.17) is 0 Å². The number of hydrogen-bond donors (Lipinski definition) is 1. The minimum absolute atomic E-state index is 0.171. The number of hydrogen-bond acceptors (Lipinski definition) is 2. The van der Waals surface area contributed by atoms with E-state index in [-0.39, 0.29) is 10.4 Å². The molecule has 1 aliphatic rings. The molecule has 1 amide bonds. The van der Waals surface area contributed by atoms with Crippen LogP contribution < -0.4 is 0 Å². The van der Waals surface area contributed by atoms with Gasteiger partial charge in [-0.3, -0.25) is 4.79 Å². The normalized spacial score (nSPS) is 24.1. The van der Waals surface area contributed by atoms with Gasteiger partial charge in [0.05, 0.1) is 10.1 Å². The second kappa shape index (κ2) is 4.97. The van der Waals surface area contributed by atoms with Gasteiger partial charge in [0.15, 0.2) is 0 Å². The van der Waals surface area contributed by atoms with Crippen molar-refractivity contribution in [2.45, 2.75) is 25.4 Å². The van der Waals surface area contributed by atoms with Gasteiger partial charge in [-0.2, -0.15) is 0 Å². The van der Waals surface area contributed by atoms with E-state index in [9.17, 15) is 14.3 Å². The van der Waals surface area contributed by atoms with Crippen molar-refractivity contribution in [3.8, 4) is 0 Å². The van der Waals surface area contributed by atoms with Gasteiger partial charge in [-0.1, -0.05) is 0 Å². The first-order chi connectivity index (χ1) is 8.39. The molecule has 0 radical (unpaired) electrons. The summed E-state index contributed by atoms with van der Waals surface area (Å²) in [5, 5.41) is 9.98. The van der Waals surface area contributed by atoms with Gasteiger partial charge in [-0.25, -0.2) is 4.39 Å². The Labute approximate surface area is 114 Å². The predicted molar refractivity (Wildman–Crippen MR) is 69.9 cm³/mol. The largest absolute Gasteiger partial charge is 0.388 e. The summed E-state index contributed by atoms with van der Waals surface area (Å²) in [5.41, 5.74) is -0.397. The molecule has 2 rings (SSSR count). The first kappa shape index (κ1) is 13.5. The lowest BCUT2D eigenvalue weighted by atomic mass is 9.94. The van der Waals surface area contributed by atoms with E-state index in [2.05, 4.69) is 15.9 Å². The van der Waals surface area contributed by atoms with E-state index >= 15 is 0 Å². The fourth-order valence-corrected chi connectivity index (χ4v) is 2.58. The molecule has 98 valence electrons. The lowest BCUT2D eigenvalue weighted by molar-refractivity contribution is -0.0107. The Hall–Kier alpha value is -0.940. The molecule has 1 aromatic carbocycles. The fraction of sp³-hybridized carbons (Fsp3) is 0.462. The quantitative estimate of drug-likeness (QED) is 0.865. The molecule has 0 bridgehead atoms. The van der Waals surface area contributed by atoms with E-state index in [0.717, 1.165) is 6.42 Å². The molecule has 1 N–H and O–H groups in total. The number of carbonyl (C=O) groups is 1. The van der Waals surface area contributed by atoms with Crippen molar-refractivity contribution < 1.29 is 14.3 Å². The number of rotatable bonds is 1. The number of β-amino-alcohol motifs (C(OH)–C–C–N with tert-alkyl or cyclic N) is 1. The maximum Gasteiger partial charge on any atom is 0.253 e. The number of halogens is 2. The van der Waals surface area contributed by atoms with Gasteiger partial charge in [-0.05, 0) is 53.9 Å². The molecule has 1 aliphatic heterocycles. The summed E-state index contributed by atoms with van der Waals surface area (Å²) in [6.07, 6.45) is 1.48. The zero-order valence-electron chi connectivity index (χ0n) is 10.1. The zero-order valence-corrected chi connectivity index (χ0v) is 11.7. The van der Waals surface area contributed by atoms with Crippen LogP contribution in [0, 0.1) is 5.82 Å². The molecule has 1 aromatic rings. The van der Waals surface area contributed by atoms with E-state index < -0.39 is 11.4 Å². The van der Waals surface area contributed by atoms with Crippen molar-refractivity contribution in [2.24, 2.45) is 0 Å². The van der Waals surface area contributed by atoms with Gasteiger partial charge in [0.25, 0.3) is 5.91 Å². The molecular formula is C13H15BrFNO2. The fourth-order valence-electron chi connectivity index (χ4n) is 2.21. The lowest BCUT2D eigenvalue weighted by Gasteiger charge is -2.36. The summed E-state index contributed by atoms with van der Waals surface area (Å²) < 4.78 is 13.4. The summed E-state index contributed by atoms with van der Waals surface area (Å²) in [6.45, 7) is 2.68. The molecule has 3 nitrogen and oxygen atoms in total. The Morgan fingerprint density at radius 1 is 1.56 bits per heavy atom. The molecule has 18 heavy (non-hydrogen) atoms. The second-order valence-corrected chi connectivity index (χ2v) is 5.81. The third-order valence-electron chi connectivity index (χ3n) is 3.13. The van der Waals surface area contributed by atoms with Gasteiger partial charge in [-0.15, -0.1) is 0 Å². The molecule has 1 saturated heterocycles. The SMILES string of the molecule is CC1(O)CCCN(C(=O)c2ccc(F)c(Br)c2)C1. The first-order valence-corrected chi connectivity index (χ1v) is 6.65. The Kier molecular flexibility index (Phi) is 3.73. The Morgan fingerprint density at radius 2 is 2.28 bits per heavy atom. The monoisotopic (exact) mass is 315 g/mol. The van der Waals surface area contributed by atoms with Gasteiger partial charge < -0.3 is 10.0 Å². The van der Waals surface area contributed by atoms with Crippen LogP contribution in [0.3, 0.4) is 0 Å². The van der Waals surface area contributed by atoms with Crippen molar-refractivity contribution in [2.75, 3.05) is 13.1 Å². The molecule has 1 atom stereocenters. The molecular weight excluding hydrogens is 301 g/mol. The van der Waals surface area contributed by atoms with Crippen LogP contribution >= 0.6 is 15.9 Å². The van der Waals surface area contributed by atoms with E-state index in [1.807, 2.05) is 0 Å². The molecule has 1 fully saturated rings. The smallest absolute Gasteiger partial charge is 0.253 e. The van der Waals surface area contributed by atoms with Gasteiger partial charge in [0.1, 0.15) is 5.82 Å². The van der Waals surface area contributed by atoms with E-state index in [1.54, 1.807) is 11.8 Å². The van der Waals surface area contributed by atoms with Crippen LogP contribution in [0.15, 0.2) is 22.7 Å². The van der Waals surface area contributed by atoms with Crippen LogP contribution in [0.25, 0.3) is 0 Å². The summed E-state index contributed by atoms with van der Waals surface area (Å²) in [7, 11) is 0. The minimum Gasteiger partial charge on any atom is -0.388 e. The number of benzene rings is 1. The average molecular weight is 316 g/mol. The van der Waals surface area contributed by atoms with E-state index in [1.165, 1.54) is 18.2 Å². The van der Waals surface area contributed by atoms with Crippen molar-refractivity contribution in [1.82, 2.24) is 4.90 Å². The zero-order chi connectivity index (χ0) is 13.3. The Bertz CT molecular complexity index is 476. The van der Waals surface area contributed by atoms with Crippen molar-refractivity contribution >= 4 is 21.8 Å². The summed E-state index contributed by atoms with van der Waals surface area (Å²) in [6, 6.07) is 4.20. The van der Waals surface area contributed by atoms with Crippen LogP contribution in [-0.4, -0.2) is 34.6 Å². The Morgan fingerprint density at radius 3 is 2.89 bits per heavy atom. The Balaban J connectivity index is 2.18. The third-order valence-corrected chi connectivity index (χ3v) is 3.74. The third kappa shape index (κ3) is 2.90. The highest BCUT2D eigenvalue weighted by Crippen LogP contribution is 2.23. The highest BCUT2D eigenvalue weighted by atomic mass is 79.9. The topological polar surface area (TPSA) is 40.5 Å². The maximum absolute atomic E-state index is 13.1. The minimum atomic E-state index is -0.828. The summed E-state index contributed by atoms with van der Waals surface area (Å²) in [5.74, 6) is -0.562. The highest BCUT2D eigenvalue weighted by Gasteiger charge is 2.31. The molecule has 1 unspecified atom stereocenters. The van der Waals surface area contributed by atoms with Gasteiger partial charge in [0.2, 0.25) is 0 Å². The van der Waals surface area contributed by atoms with E-state index in [0.29, 0.717) is 25.1 Å². The lowest BCUT2D eigenvalue weighted by Crippen LogP contribution is -2.48. The van der Waals surface area contributed by atoms with Crippen LogP contribution in [0.2, 0.25) is 0 Å². The number of amides is 1. The maximum atomic E-state index is 13.1. The standard InChI is InChI=1S/C13H15BrFNO2/c1-13(18)5-2-6-16(8-13)12(17)9-3-4-11(15)10(14)7-9/h3-4,7,18H,2,5-6,8H2,1H3. The molecule has 0 aliphatic carbocycles. The van der Waals surface area contributed by atoms with Crippen molar-refractivity contribution in [1.29, 1.82) is 0 Å². The highest BCUT2D eigenvalue weighted by molar-refractivity contribution is 9.10. The number of nitrogens with zero attached hydrogens (tertiary/aromatic N) is 1. The predicted octanol–water partition coefficient (Wildman–Crippen LogP) is 2.58. The number of carbonyl (C=O) groups excluding carboxylic acids is 1. The van der Waals surface area contributed by atoms with Crippen molar-refractivity contribution in [3.05, 3.63) is 34.1 Å². The van der Waals surface area contributed by atoms with Gasteiger partial charge >= 0.3 is 0 Å². The number of aliphatic hydroxyl groups is 1. The summed E-state index contributed by atoms with van der Waals surface area (Å²) in [4.78, 5) is 13.8. The average Bonchev–Trinajstić information content (AvgIpc) is 2.30. The van der Waals surface area contributed by atoms with Crippen LogP contribution in [0.4, 0.5) is 4.39 Å².